The Bertz CT molecular complexity index is 868. The minimum atomic E-state index is -0.566. The predicted octanol–water partition coefficient (Wildman–Crippen LogP) is 5.18. The summed E-state index contributed by atoms with van der Waals surface area (Å²) in [4.78, 5) is 27.8. The molecule has 0 spiro atoms. The Morgan fingerprint density at radius 1 is 1.07 bits per heavy atom. The van der Waals surface area contributed by atoms with Gasteiger partial charge in [-0.2, -0.15) is 0 Å². The third kappa shape index (κ3) is 6.48. The molecule has 0 heterocycles. The fourth-order valence-corrected chi connectivity index (χ4v) is 3.53. The molecule has 0 bridgehead atoms. The van der Waals surface area contributed by atoms with E-state index >= 15 is 0 Å². The van der Waals surface area contributed by atoms with Crippen LogP contribution in [0.25, 0.3) is 0 Å². The minimum Gasteiger partial charge on any atom is -0.352 e. The average molecular weight is 435 g/mol. The van der Waals surface area contributed by atoms with Gasteiger partial charge in [0.2, 0.25) is 11.8 Å². The smallest absolute Gasteiger partial charge is 0.243 e. The van der Waals surface area contributed by atoms with Crippen molar-refractivity contribution in [3.8, 4) is 0 Å². The number of halogens is 2. The number of hydrogen-bond donors (Lipinski definition) is 1. The minimum absolute atomic E-state index is 0.00477. The zero-order valence-electron chi connectivity index (χ0n) is 17.3. The van der Waals surface area contributed by atoms with Gasteiger partial charge in [-0.3, -0.25) is 9.59 Å². The summed E-state index contributed by atoms with van der Waals surface area (Å²) in [6.07, 6.45) is 0.749. The van der Waals surface area contributed by atoms with Crippen molar-refractivity contribution in [1.82, 2.24) is 10.2 Å². The van der Waals surface area contributed by atoms with E-state index in [0.717, 1.165) is 16.7 Å². The lowest BCUT2D eigenvalue weighted by Crippen LogP contribution is -2.50. The second-order valence-electron chi connectivity index (χ2n) is 7.46. The van der Waals surface area contributed by atoms with Crippen molar-refractivity contribution in [2.75, 3.05) is 0 Å². The quantitative estimate of drug-likeness (QED) is 0.622. The van der Waals surface area contributed by atoms with Crippen molar-refractivity contribution >= 4 is 35.0 Å². The normalized spacial score (nSPS) is 12.0. The number of carbonyl (C=O) groups is 2. The van der Waals surface area contributed by atoms with Crippen LogP contribution in [0, 0.1) is 6.92 Å². The predicted molar refractivity (Wildman–Crippen MR) is 119 cm³/mol. The molecule has 2 aromatic carbocycles. The van der Waals surface area contributed by atoms with Gasteiger partial charge >= 0.3 is 0 Å². The summed E-state index contributed by atoms with van der Waals surface area (Å²) in [6.45, 7) is 7.99. The maximum Gasteiger partial charge on any atom is 0.243 e. The van der Waals surface area contributed by atoms with Crippen LogP contribution in [0.2, 0.25) is 10.0 Å². The fourth-order valence-electron chi connectivity index (χ4n) is 3.21. The van der Waals surface area contributed by atoms with Crippen LogP contribution in [-0.4, -0.2) is 28.8 Å². The van der Waals surface area contributed by atoms with Gasteiger partial charge < -0.3 is 10.2 Å². The van der Waals surface area contributed by atoms with Gasteiger partial charge in [-0.1, -0.05) is 60.5 Å². The van der Waals surface area contributed by atoms with Crippen molar-refractivity contribution in [2.24, 2.45) is 0 Å². The van der Waals surface area contributed by atoms with Gasteiger partial charge in [-0.25, -0.2) is 0 Å². The second kappa shape index (κ2) is 10.7. The first-order valence-corrected chi connectivity index (χ1v) is 10.6. The van der Waals surface area contributed by atoms with Gasteiger partial charge in [-0.05, 0) is 56.0 Å². The summed E-state index contributed by atoms with van der Waals surface area (Å²) >= 11 is 12.2. The molecule has 0 aliphatic rings. The summed E-state index contributed by atoms with van der Waals surface area (Å²) in [5.74, 6) is -0.253. The monoisotopic (exact) mass is 434 g/mol. The Hall–Kier alpha value is -2.04. The highest BCUT2D eigenvalue weighted by atomic mass is 35.5. The van der Waals surface area contributed by atoms with Crippen molar-refractivity contribution < 1.29 is 9.59 Å². The van der Waals surface area contributed by atoms with Crippen LogP contribution in [0.5, 0.6) is 0 Å². The fraction of sp³-hybridized carbons (Fsp3) is 0.391. The van der Waals surface area contributed by atoms with E-state index < -0.39 is 6.04 Å². The number of benzene rings is 2. The Kier molecular flexibility index (Phi) is 8.54. The van der Waals surface area contributed by atoms with E-state index in [-0.39, 0.29) is 30.8 Å². The maximum atomic E-state index is 13.3. The lowest BCUT2D eigenvalue weighted by Gasteiger charge is -2.31. The van der Waals surface area contributed by atoms with Crippen molar-refractivity contribution in [3.63, 3.8) is 0 Å². The lowest BCUT2D eigenvalue weighted by molar-refractivity contribution is -0.141. The van der Waals surface area contributed by atoms with E-state index in [1.54, 1.807) is 17.0 Å². The number of aryl methyl sites for hydroxylation is 1. The standard InChI is InChI=1S/C23H28Cl2N2O2/c1-5-21(23(29)26-15(2)3)27(14-17-10-11-19(24)20(25)12-17)22(28)13-18-9-7-6-8-16(18)4/h6-12,15,21H,5,13-14H2,1-4H3,(H,26,29). The van der Waals surface area contributed by atoms with Crippen LogP contribution >= 0.6 is 23.2 Å². The topological polar surface area (TPSA) is 49.4 Å². The zero-order chi connectivity index (χ0) is 21.6. The van der Waals surface area contributed by atoms with Crippen LogP contribution < -0.4 is 5.32 Å². The molecule has 0 saturated carbocycles. The molecule has 0 aliphatic heterocycles. The van der Waals surface area contributed by atoms with E-state index in [1.807, 2.05) is 58.0 Å². The molecule has 1 atom stereocenters. The molecular formula is C23H28Cl2N2O2. The summed E-state index contributed by atoms with van der Waals surface area (Å²) < 4.78 is 0. The Morgan fingerprint density at radius 2 is 1.76 bits per heavy atom. The van der Waals surface area contributed by atoms with Crippen molar-refractivity contribution in [3.05, 3.63) is 69.2 Å². The molecular weight excluding hydrogens is 407 g/mol. The van der Waals surface area contributed by atoms with E-state index in [4.69, 9.17) is 23.2 Å². The van der Waals surface area contributed by atoms with E-state index in [1.165, 1.54) is 0 Å². The van der Waals surface area contributed by atoms with Gasteiger partial charge in [0, 0.05) is 12.6 Å². The molecule has 2 rings (SSSR count). The maximum absolute atomic E-state index is 13.3. The van der Waals surface area contributed by atoms with Gasteiger partial charge in [0.15, 0.2) is 0 Å². The summed E-state index contributed by atoms with van der Waals surface area (Å²) in [5, 5.41) is 3.81. The molecule has 2 aromatic rings. The molecule has 0 radical (unpaired) electrons. The van der Waals surface area contributed by atoms with Crippen LogP contribution in [0.1, 0.15) is 43.9 Å². The Morgan fingerprint density at radius 3 is 2.34 bits per heavy atom. The first-order valence-electron chi connectivity index (χ1n) is 9.81. The molecule has 29 heavy (non-hydrogen) atoms. The molecule has 0 fully saturated rings. The first-order chi connectivity index (χ1) is 13.7. The molecule has 1 unspecified atom stereocenters. The van der Waals surface area contributed by atoms with Gasteiger partial charge in [0.05, 0.1) is 16.5 Å². The first kappa shape index (κ1) is 23.2. The lowest BCUT2D eigenvalue weighted by atomic mass is 10.0. The van der Waals surface area contributed by atoms with Gasteiger partial charge in [0.1, 0.15) is 6.04 Å². The summed E-state index contributed by atoms with van der Waals surface area (Å²) in [5.41, 5.74) is 2.83. The van der Waals surface area contributed by atoms with Crippen LogP contribution in [0.4, 0.5) is 0 Å². The number of amides is 2. The third-order valence-corrected chi connectivity index (χ3v) is 5.50. The summed E-state index contributed by atoms with van der Waals surface area (Å²) in [6, 6.07) is 12.5. The Balaban J connectivity index is 2.34. The number of rotatable bonds is 8. The number of carbonyl (C=O) groups excluding carboxylic acids is 2. The molecule has 1 N–H and O–H groups in total. The molecule has 0 saturated heterocycles. The number of nitrogens with zero attached hydrogens (tertiary/aromatic N) is 1. The van der Waals surface area contributed by atoms with Gasteiger partial charge in [-0.15, -0.1) is 0 Å². The molecule has 0 aliphatic carbocycles. The van der Waals surface area contributed by atoms with E-state index in [9.17, 15) is 9.59 Å². The zero-order valence-corrected chi connectivity index (χ0v) is 18.8. The third-order valence-electron chi connectivity index (χ3n) is 4.76. The van der Waals surface area contributed by atoms with Crippen LogP contribution in [-0.2, 0) is 22.6 Å². The molecule has 4 nitrogen and oxygen atoms in total. The molecule has 6 heteroatoms. The summed E-state index contributed by atoms with van der Waals surface area (Å²) in [7, 11) is 0. The van der Waals surface area contributed by atoms with E-state index in [2.05, 4.69) is 5.32 Å². The highest BCUT2D eigenvalue weighted by Gasteiger charge is 2.29. The number of nitrogens with one attached hydrogen (secondary N) is 1. The van der Waals surface area contributed by atoms with Crippen molar-refractivity contribution in [2.45, 2.75) is 59.2 Å². The molecule has 0 aromatic heterocycles. The average Bonchev–Trinajstić information content (AvgIpc) is 2.65. The van der Waals surface area contributed by atoms with E-state index in [0.29, 0.717) is 16.5 Å². The second-order valence-corrected chi connectivity index (χ2v) is 8.28. The van der Waals surface area contributed by atoms with Crippen LogP contribution in [0.3, 0.4) is 0 Å². The largest absolute Gasteiger partial charge is 0.352 e. The SMILES string of the molecule is CCC(C(=O)NC(C)C)N(Cc1ccc(Cl)c(Cl)c1)C(=O)Cc1ccccc1C. The number of hydrogen-bond acceptors (Lipinski definition) is 2. The van der Waals surface area contributed by atoms with Crippen molar-refractivity contribution in [1.29, 1.82) is 0 Å². The molecule has 2 amide bonds. The Labute approximate surface area is 183 Å². The molecule has 156 valence electrons. The van der Waals surface area contributed by atoms with Crippen LogP contribution in [0.15, 0.2) is 42.5 Å². The van der Waals surface area contributed by atoms with Gasteiger partial charge in [0.25, 0.3) is 0 Å². The highest BCUT2D eigenvalue weighted by molar-refractivity contribution is 6.42. The highest BCUT2D eigenvalue weighted by Crippen LogP contribution is 2.24.